The Morgan fingerprint density at radius 1 is 1.15 bits per heavy atom. The summed E-state index contributed by atoms with van der Waals surface area (Å²) in [5, 5.41) is 7.19. The van der Waals surface area contributed by atoms with E-state index in [4.69, 9.17) is 17.0 Å². The van der Waals surface area contributed by atoms with E-state index in [2.05, 4.69) is 53.6 Å². The highest BCUT2D eigenvalue weighted by Gasteiger charge is 2.17. The normalized spacial score (nSPS) is 17.9. The van der Waals surface area contributed by atoms with E-state index in [1.807, 2.05) is 24.3 Å². The summed E-state index contributed by atoms with van der Waals surface area (Å²) in [4.78, 5) is 2.49. The second-order valence-corrected chi connectivity index (χ2v) is 7.74. The summed E-state index contributed by atoms with van der Waals surface area (Å²) in [5.41, 5.74) is 3.48. The smallest absolute Gasteiger partial charge is 0.171 e. The fourth-order valence-electron chi connectivity index (χ4n) is 3.52. The number of piperidine rings is 1. The van der Waals surface area contributed by atoms with Crippen LogP contribution in [0.2, 0.25) is 0 Å². The summed E-state index contributed by atoms with van der Waals surface area (Å²) in [6.07, 6.45) is 2.63. The predicted molar refractivity (Wildman–Crippen MR) is 118 cm³/mol. The van der Waals surface area contributed by atoms with Gasteiger partial charge in [-0.1, -0.05) is 19.1 Å². The molecule has 1 aliphatic rings. The van der Waals surface area contributed by atoms with Crippen LogP contribution >= 0.6 is 12.2 Å². The third kappa shape index (κ3) is 5.36. The highest BCUT2D eigenvalue weighted by atomic mass is 32.1. The van der Waals surface area contributed by atoms with Crippen molar-refractivity contribution in [1.29, 1.82) is 0 Å². The summed E-state index contributed by atoms with van der Waals surface area (Å²) in [6.45, 7) is 6.78. The van der Waals surface area contributed by atoms with Gasteiger partial charge in [-0.05, 0) is 79.9 Å². The molecule has 3 rings (SSSR count). The monoisotopic (exact) mass is 383 g/mol. The number of methoxy groups -OCH3 is 1. The van der Waals surface area contributed by atoms with E-state index in [1.165, 1.54) is 24.1 Å². The van der Waals surface area contributed by atoms with Crippen molar-refractivity contribution >= 4 is 28.7 Å². The van der Waals surface area contributed by atoms with Crippen LogP contribution in [0.3, 0.4) is 0 Å². The molecule has 144 valence electrons. The van der Waals surface area contributed by atoms with Crippen LogP contribution in [0.5, 0.6) is 5.75 Å². The van der Waals surface area contributed by atoms with Crippen molar-refractivity contribution < 1.29 is 4.74 Å². The standard InChI is InChI=1S/C22H29N3OS/c1-16-5-4-14-25(15-16)20-10-6-18(7-11-20)17(2)23-22(27)24-19-8-12-21(26-3)13-9-19/h6-13,16-17H,4-5,14-15H2,1-3H3,(H2,23,24,27)/t16-,17-/m0/s1. The molecule has 1 fully saturated rings. The van der Waals surface area contributed by atoms with E-state index in [0.29, 0.717) is 5.11 Å². The first-order valence-corrected chi connectivity index (χ1v) is 10.0. The van der Waals surface area contributed by atoms with Crippen molar-refractivity contribution in [3.63, 3.8) is 0 Å². The summed E-state index contributed by atoms with van der Waals surface area (Å²) < 4.78 is 5.18. The van der Waals surface area contributed by atoms with Gasteiger partial charge < -0.3 is 20.3 Å². The minimum atomic E-state index is 0.137. The van der Waals surface area contributed by atoms with E-state index in [-0.39, 0.29) is 6.04 Å². The quantitative estimate of drug-likeness (QED) is 0.712. The predicted octanol–water partition coefficient (Wildman–Crippen LogP) is 4.98. The molecular formula is C22H29N3OS. The second kappa shape index (κ2) is 9.09. The van der Waals surface area contributed by atoms with Crippen LogP contribution in [0, 0.1) is 5.92 Å². The third-order valence-corrected chi connectivity index (χ3v) is 5.33. The number of hydrogen-bond donors (Lipinski definition) is 2. The van der Waals surface area contributed by atoms with Crippen molar-refractivity contribution in [2.24, 2.45) is 5.92 Å². The number of hydrogen-bond acceptors (Lipinski definition) is 3. The van der Waals surface area contributed by atoms with Gasteiger partial charge in [0, 0.05) is 24.5 Å². The van der Waals surface area contributed by atoms with Crippen molar-refractivity contribution in [2.45, 2.75) is 32.7 Å². The minimum absolute atomic E-state index is 0.137. The van der Waals surface area contributed by atoms with Gasteiger partial charge in [0.15, 0.2) is 5.11 Å². The molecule has 2 aromatic rings. The summed E-state index contributed by atoms with van der Waals surface area (Å²) in [7, 11) is 1.66. The molecular weight excluding hydrogens is 354 g/mol. The Bertz CT molecular complexity index is 745. The van der Waals surface area contributed by atoms with Gasteiger partial charge in [0.25, 0.3) is 0 Å². The molecule has 0 spiro atoms. The molecule has 0 saturated carbocycles. The molecule has 5 heteroatoms. The van der Waals surface area contributed by atoms with E-state index >= 15 is 0 Å². The molecule has 1 aliphatic heterocycles. The minimum Gasteiger partial charge on any atom is -0.497 e. The molecule has 0 unspecified atom stereocenters. The Labute approximate surface area is 167 Å². The van der Waals surface area contributed by atoms with Gasteiger partial charge in [-0.2, -0.15) is 0 Å². The molecule has 1 saturated heterocycles. The maximum absolute atomic E-state index is 5.45. The van der Waals surface area contributed by atoms with Crippen LogP contribution in [0.25, 0.3) is 0 Å². The molecule has 0 amide bonds. The van der Waals surface area contributed by atoms with Crippen LogP contribution in [0.4, 0.5) is 11.4 Å². The van der Waals surface area contributed by atoms with Gasteiger partial charge in [-0.3, -0.25) is 0 Å². The Balaban J connectivity index is 1.55. The Hall–Kier alpha value is -2.27. The van der Waals surface area contributed by atoms with Crippen LogP contribution in [-0.4, -0.2) is 25.3 Å². The Kier molecular flexibility index (Phi) is 6.56. The number of nitrogens with zero attached hydrogens (tertiary/aromatic N) is 1. The molecule has 2 N–H and O–H groups in total. The maximum atomic E-state index is 5.45. The lowest BCUT2D eigenvalue weighted by Crippen LogP contribution is -2.34. The van der Waals surface area contributed by atoms with Gasteiger partial charge in [0.05, 0.1) is 13.2 Å². The molecule has 27 heavy (non-hydrogen) atoms. The van der Waals surface area contributed by atoms with Crippen LogP contribution in [0.1, 0.15) is 38.3 Å². The number of thiocarbonyl (C=S) groups is 1. The van der Waals surface area contributed by atoms with Gasteiger partial charge in [0.1, 0.15) is 5.75 Å². The molecule has 1 heterocycles. The zero-order chi connectivity index (χ0) is 19.2. The highest BCUT2D eigenvalue weighted by molar-refractivity contribution is 7.80. The van der Waals surface area contributed by atoms with Crippen LogP contribution in [0.15, 0.2) is 48.5 Å². The highest BCUT2D eigenvalue weighted by Crippen LogP contribution is 2.24. The summed E-state index contributed by atoms with van der Waals surface area (Å²) >= 11 is 5.45. The topological polar surface area (TPSA) is 36.5 Å². The Morgan fingerprint density at radius 2 is 1.85 bits per heavy atom. The van der Waals surface area contributed by atoms with Gasteiger partial charge >= 0.3 is 0 Å². The molecule has 4 nitrogen and oxygen atoms in total. The molecule has 2 aromatic carbocycles. The number of rotatable bonds is 5. The first kappa shape index (κ1) is 19.5. The average Bonchev–Trinajstić information content (AvgIpc) is 2.68. The van der Waals surface area contributed by atoms with E-state index < -0.39 is 0 Å². The fourth-order valence-corrected chi connectivity index (χ4v) is 3.81. The maximum Gasteiger partial charge on any atom is 0.171 e. The summed E-state index contributed by atoms with van der Waals surface area (Å²) in [5.74, 6) is 1.61. The van der Waals surface area contributed by atoms with Gasteiger partial charge in [0.2, 0.25) is 0 Å². The first-order valence-electron chi connectivity index (χ1n) is 9.61. The SMILES string of the molecule is COc1ccc(NC(=S)N[C@@H](C)c2ccc(N3CCC[C@H](C)C3)cc2)cc1. The first-order chi connectivity index (χ1) is 13.0. The number of benzene rings is 2. The zero-order valence-corrected chi connectivity index (χ0v) is 17.2. The molecule has 0 aliphatic carbocycles. The lowest BCUT2D eigenvalue weighted by atomic mass is 9.99. The van der Waals surface area contributed by atoms with Gasteiger partial charge in [-0.15, -0.1) is 0 Å². The van der Waals surface area contributed by atoms with E-state index in [1.54, 1.807) is 7.11 Å². The Morgan fingerprint density at radius 3 is 2.48 bits per heavy atom. The van der Waals surface area contributed by atoms with Crippen molar-refractivity contribution in [1.82, 2.24) is 5.32 Å². The second-order valence-electron chi connectivity index (χ2n) is 7.33. The van der Waals surface area contributed by atoms with Crippen molar-refractivity contribution in [2.75, 3.05) is 30.4 Å². The lowest BCUT2D eigenvalue weighted by Gasteiger charge is -2.33. The number of anilines is 2. The molecule has 0 radical (unpaired) electrons. The van der Waals surface area contributed by atoms with E-state index in [9.17, 15) is 0 Å². The molecule has 0 aromatic heterocycles. The lowest BCUT2D eigenvalue weighted by molar-refractivity contribution is 0.415. The third-order valence-electron chi connectivity index (χ3n) is 5.11. The molecule has 0 bridgehead atoms. The number of nitrogens with one attached hydrogen (secondary N) is 2. The van der Waals surface area contributed by atoms with Crippen molar-refractivity contribution in [3.8, 4) is 5.75 Å². The van der Waals surface area contributed by atoms with E-state index in [0.717, 1.165) is 30.4 Å². The van der Waals surface area contributed by atoms with Gasteiger partial charge in [-0.25, -0.2) is 0 Å². The average molecular weight is 384 g/mol. The number of ether oxygens (including phenoxy) is 1. The van der Waals surface area contributed by atoms with Crippen LogP contribution < -0.4 is 20.3 Å². The fraction of sp³-hybridized carbons (Fsp3) is 0.409. The summed E-state index contributed by atoms with van der Waals surface area (Å²) in [6, 6.07) is 16.7. The van der Waals surface area contributed by atoms with Crippen molar-refractivity contribution in [3.05, 3.63) is 54.1 Å². The van der Waals surface area contributed by atoms with Crippen LogP contribution in [-0.2, 0) is 0 Å². The largest absolute Gasteiger partial charge is 0.497 e. The molecule has 2 atom stereocenters. The zero-order valence-electron chi connectivity index (χ0n) is 16.4.